The molecule has 1 fully saturated rings. The molecule has 5 nitrogen and oxygen atoms in total. The Labute approximate surface area is 57.5 Å². The first kappa shape index (κ1) is 7.90. The first-order chi connectivity index (χ1) is 4.66. The van der Waals surface area contributed by atoms with Crippen molar-refractivity contribution in [3.63, 3.8) is 0 Å². The summed E-state index contributed by atoms with van der Waals surface area (Å²) in [4.78, 5) is 0. The summed E-state index contributed by atoms with van der Waals surface area (Å²) in [6.07, 6.45) is -4.76. The number of aliphatic hydroxyl groups excluding tert-OH is 4. The molecule has 1 aliphatic heterocycles. The molecule has 0 saturated carbocycles. The van der Waals surface area contributed by atoms with E-state index in [9.17, 15) is 0 Å². The second-order valence-corrected chi connectivity index (χ2v) is 2.23. The van der Waals surface area contributed by atoms with Crippen LogP contribution in [0.1, 0.15) is 0 Å². The van der Waals surface area contributed by atoms with E-state index in [1.165, 1.54) is 0 Å². The van der Waals surface area contributed by atoms with Gasteiger partial charge in [-0.3, -0.25) is 0 Å². The lowest BCUT2D eigenvalue weighted by molar-refractivity contribution is -0.132. The quantitative estimate of drug-likeness (QED) is 0.329. The zero-order valence-corrected chi connectivity index (χ0v) is 5.21. The van der Waals surface area contributed by atoms with Crippen LogP contribution in [0.3, 0.4) is 0 Å². The topological polar surface area (TPSA) is 90.2 Å². The lowest BCUT2D eigenvalue weighted by Gasteiger charge is -2.09. The molecule has 60 valence electrons. The van der Waals surface area contributed by atoms with Crippen molar-refractivity contribution in [3.8, 4) is 0 Å². The highest BCUT2D eigenvalue weighted by atomic mass is 16.6. The van der Waals surface area contributed by atoms with Crippen molar-refractivity contribution in [3.05, 3.63) is 0 Å². The van der Waals surface area contributed by atoms with E-state index in [0.29, 0.717) is 0 Å². The summed E-state index contributed by atoms with van der Waals surface area (Å²) in [6.45, 7) is -0.407. The Kier molecular flexibility index (Phi) is 2.22. The fourth-order valence-electron chi connectivity index (χ4n) is 0.880. The van der Waals surface area contributed by atoms with E-state index < -0.39 is 31.2 Å². The van der Waals surface area contributed by atoms with Crippen LogP contribution in [0.4, 0.5) is 0 Å². The molecular formula is C5H10O5. The fourth-order valence-corrected chi connectivity index (χ4v) is 0.880. The van der Waals surface area contributed by atoms with Crippen molar-refractivity contribution in [2.45, 2.75) is 24.6 Å². The lowest BCUT2D eigenvalue weighted by atomic mass is 10.1. The van der Waals surface area contributed by atoms with Gasteiger partial charge in [0.1, 0.15) is 18.3 Å². The van der Waals surface area contributed by atoms with Crippen molar-refractivity contribution in [2.24, 2.45) is 0 Å². The summed E-state index contributed by atoms with van der Waals surface area (Å²) in [5.74, 6) is 0. The van der Waals surface area contributed by atoms with Gasteiger partial charge < -0.3 is 25.2 Å². The number of hydrogen-bond donors (Lipinski definition) is 4. The maximum Gasteiger partial charge on any atom is 0.184 e. The van der Waals surface area contributed by atoms with Crippen LogP contribution in [-0.2, 0) is 4.74 Å². The van der Waals surface area contributed by atoms with Gasteiger partial charge in [-0.1, -0.05) is 0 Å². The molecule has 0 radical (unpaired) electrons. The van der Waals surface area contributed by atoms with Crippen LogP contribution in [0.15, 0.2) is 0 Å². The van der Waals surface area contributed by atoms with Crippen LogP contribution in [-0.4, -0.2) is 51.6 Å². The molecule has 0 amide bonds. The Morgan fingerprint density at radius 2 is 1.70 bits per heavy atom. The molecule has 0 aromatic carbocycles. The monoisotopic (exact) mass is 150 g/mol. The summed E-state index contributed by atoms with van der Waals surface area (Å²) >= 11 is 0. The van der Waals surface area contributed by atoms with Gasteiger partial charge in [0.25, 0.3) is 0 Å². The molecule has 1 saturated heterocycles. The van der Waals surface area contributed by atoms with Gasteiger partial charge in [-0.15, -0.1) is 0 Å². The summed E-state index contributed by atoms with van der Waals surface area (Å²) in [5.41, 5.74) is 0. The van der Waals surface area contributed by atoms with Crippen LogP contribution < -0.4 is 0 Å². The highest BCUT2D eigenvalue weighted by molar-refractivity contribution is 4.84. The summed E-state index contributed by atoms with van der Waals surface area (Å²) in [7, 11) is 0. The van der Waals surface area contributed by atoms with E-state index in [0.717, 1.165) is 0 Å². The molecular weight excluding hydrogens is 140 g/mol. The Hall–Kier alpha value is -0.200. The van der Waals surface area contributed by atoms with Crippen molar-refractivity contribution in [1.82, 2.24) is 0 Å². The molecule has 0 bridgehead atoms. The third kappa shape index (κ3) is 1.14. The van der Waals surface area contributed by atoms with E-state index in [-0.39, 0.29) is 0 Å². The van der Waals surface area contributed by atoms with Gasteiger partial charge in [0.2, 0.25) is 0 Å². The normalized spacial score (nSPS) is 48.0. The third-order valence-corrected chi connectivity index (χ3v) is 1.52. The maximum absolute atomic E-state index is 8.93. The van der Waals surface area contributed by atoms with Gasteiger partial charge in [0, 0.05) is 0 Å². The van der Waals surface area contributed by atoms with Gasteiger partial charge in [-0.2, -0.15) is 0 Å². The Morgan fingerprint density at radius 3 is 1.90 bits per heavy atom. The van der Waals surface area contributed by atoms with Crippen molar-refractivity contribution in [1.29, 1.82) is 0 Å². The highest BCUT2D eigenvalue weighted by Crippen LogP contribution is 2.18. The van der Waals surface area contributed by atoms with E-state index >= 15 is 0 Å². The predicted octanol–water partition coefficient (Wildman–Crippen LogP) is -2.58. The van der Waals surface area contributed by atoms with Gasteiger partial charge in [0.05, 0.1) is 6.61 Å². The number of rotatable bonds is 1. The van der Waals surface area contributed by atoms with Gasteiger partial charge >= 0.3 is 0 Å². The largest absolute Gasteiger partial charge is 0.394 e. The van der Waals surface area contributed by atoms with Crippen LogP contribution in [0.5, 0.6) is 0 Å². The smallest absolute Gasteiger partial charge is 0.184 e. The van der Waals surface area contributed by atoms with Crippen LogP contribution >= 0.6 is 0 Å². The predicted molar refractivity (Wildman–Crippen MR) is 30.0 cm³/mol. The number of ether oxygens (including phenoxy) is 1. The molecule has 4 atom stereocenters. The van der Waals surface area contributed by atoms with Crippen molar-refractivity contribution < 1.29 is 25.2 Å². The first-order valence-corrected chi connectivity index (χ1v) is 2.97. The average molecular weight is 150 g/mol. The average Bonchev–Trinajstić information content (AvgIpc) is 2.17. The number of hydrogen-bond acceptors (Lipinski definition) is 5. The van der Waals surface area contributed by atoms with Crippen molar-refractivity contribution in [2.75, 3.05) is 6.61 Å². The lowest BCUT2D eigenvalue weighted by Crippen LogP contribution is -2.33. The van der Waals surface area contributed by atoms with E-state index in [1.54, 1.807) is 0 Å². The van der Waals surface area contributed by atoms with Crippen LogP contribution in [0.2, 0.25) is 0 Å². The molecule has 10 heavy (non-hydrogen) atoms. The molecule has 0 spiro atoms. The molecule has 1 aliphatic rings. The first-order valence-electron chi connectivity index (χ1n) is 2.97. The summed E-state index contributed by atoms with van der Waals surface area (Å²) < 4.78 is 4.54. The molecule has 1 heterocycles. The molecule has 0 aromatic heterocycles. The third-order valence-electron chi connectivity index (χ3n) is 1.52. The Balaban J connectivity index is 2.53. The SMILES string of the molecule is OC[C@H]1OC(O)[C@H](O)C1O. The number of aliphatic hydroxyl groups is 4. The molecule has 4 N–H and O–H groups in total. The minimum Gasteiger partial charge on any atom is -0.394 e. The molecule has 5 heteroatoms. The minimum atomic E-state index is -1.38. The van der Waals surface area contributed by atoms with Crippen LogP contribution in [0, 0.1) is 0 Å². The Morgan fingerprint density at radius 1 is 1.10 bits per heavy atom. The van der Waals surface area contributed by atoms with Gasteiger partial charge in [-0.25, -0.2) is 0 Å². The van der Waals surface area contributed by atoms with Crippen LogP contribution in [0.25, 0.3) is 0 Å². The highest BCUT2D eigenvalue weighted by Gasteiger charge is 2.41. The second kappa shape index (κ2) is 2.81. The molecule has 2 unspecified atom stereocenters. The standard InChI is InChI=1S/C5H10O5/c6-1-2-3(7)4(8)5(9)10-2/h2-9H,1H2/t2-,3?,4-,5?/m1/s1. The molecule has 1 rings (SSSR count). The minimum absolute atomic E-state index is 0.407. The van der Waals surface area contributed by atoms with Gasteiger partial charge in [0.15, 0.2) is 6.29 Å². The maximum atomic E-state index is 8.93. The van der Waals surface area contributed by atoms with Gasteiger partial charge in [-0.05, 0) is 0 Å². The van der Waals surface area contributed by atoms with E-state index in [1.807, 2.05) is 0 Å². The zero-order valence-electron chi connectivity index (χ0n) is 5.21. The van der Waals surface area contributed by atoms with E-state index in [4.69, 9.17) is 20.4 Å². The van der Waals surface area contributed by atoms with E-state index in [2.05, 4.69) is 4.74 Å². The summed E-state index contributed by atoms with van der Waals surface area (Å²) in [6, 6.07) is 0. The second-order valence-electron chi connectivity index (χ2n) is 2.23. The molecule has 0 aromatic rings. The fraction of sp³-hybridized carbons (Fsp3) is 1.00. The molecule has 0 aliphatic carbocycles. The summed E-state index contributed by atoms with van der Waals surface area (Å²) in [5, 5.41) is 35.0. The van der Waals surface area contributed by atoms with Crippen molar-refractivity contribution >= 4 is 0 Å². The zero-order chi connectivity index (χ0) is 7.72. The Bertz CT molecular complexity index is 117.